The summed E-state index contributed by atoms with van der Waals surface area (Å²) in [6.45, 7) is 2.44. The number of hydrazine groups is 1. The van der Waals surface area contributed by atoms with Crippen LogP contribution >= 0.6 is 11.8 Å². The van der Waals surface area contributed by atoms with Crippen molar-refractivity contribution in [1.29, 1.82) is 0 Å². The average Bonchev–Trinajstić information content (AvgIpc) is 2.73. The van der Waals surface area contributed by atoms with Gasteiger partial charge >= 0.3 is 11.2 Å². The van der Waals surface area contributed by atoms with Gasteiger partial charge in [-0.1, -0.05) is 30.8 Å². The topological polar surface area (TPSA) is 84.0 Å². The smallest absolute Gasteiger partial charge is 0.304 e. The first-order valence-electron chi connectivity index (χ1n) is 6.52. The van der Waals surface area contributed by atoms with Gasteiger partial charge in [-0.25, -0.2) is 0 Å². The number of imide groups is 1. The number of carbonyl (C=O) groups is 4. The highest BCUT2D eigenvalue weighted by atomic mass is 32.2. The third-order valence-corrected chi connectivity index (χ3v) is 3.63. The minimum absolute atomic E-state index is 0.217. The molecule has 0 saturated carbocycles. The summed E-state index contributed by atoms with van der Waals surface area (Å²) in [5.41, 5.74) is 0.434. The second-order valence-electron chi connectivity index (χ2n) is 4.33. The lowest BCUT2D eigenvalue weighted by Crippen LogP contribution is -2.49. The van der Waals surface area contributed by atoms with Crippen molar-refractivity contribution in [3.05, 3.63) is 35.4 Å². The molecule has 0 aromatic heterocycles. The Morgan fingerprint density at radius 3 is 2.18 bits per heavy atom. The Hall–Kier alpha value is -2.35. The number of amides is 3. The van der Waals surface area contributed by atoms with Crippen molar-refractivity contribution < 1.29 is 23.9 Å². The van der Waals surface area contributed by atoms with E-state index in [1.54, 1.807) is 19.1 Å². The van der Waals surface area contributed by atoms with Crippen LogP contribution in [0, 0.1) is 0 Å². The first-order chi connectivity index (χ1) is 10.5. The van der Waals surface area contributed by atoms with E-state index in [-0.39, 0.29) is 11.1 Å². The van der Waals surface area contributed by atoms with Crippen LogP contribution in [0.5, 0.6) is 0 Å². The Labute approximate surface area is 131 Å². The Morgan fingerprint density at radius 1 is 1.18 bits per heavy atom. The number of esters is 1. The SMILES string of the molecule is CCSC(=O)N(COC(C)=O)N1C(=O)c2ccccc2C1=O. The Morgan fingerprint density at radius 2 is 1.73 bits per heavy atom. The molecule has 0 atom stereocenters. The van der Waals surface area contributed by atoms with Gasteiger partial charge in [0.1, 0.15) is 0 Å². The number of hydrogen-bond donors (Lipinski definition) is 0. The van der Waals surface area contributed by atoms with Crippen LogP contribution in [0.25, 0.3) is 0 Å². The van der Waals surface area contributed by atoms with Crippen molar-refractivity contribution >= 4 is 34.8 Å². The maximum absolute atomic E-state index is 12.4. The molecule has 22 heavy (non-hydrogen) atoms. The molecule has 8 heteroatoms. The Balaban J connectivity index is 2.32. The van der Waals surface area contributed by atoms with E-state index in [9.17, 15) is 19.2 Å². The van der Waals surface area contributed by atoms with E-state index in [1.165, 1.54) is 19.1 Å². The van der Waals surface area contributed by atoms with Gasteiger partial charge < -0.3 is 4.74 Å². The van der Waals surface area contributed by atoms with Crippen molar-refractivity contribution in [2.45, 2.75) is 13.8 Å². The summed E-state index contributed by atoms with van der Waals surface area (Å²) in [5.74, 6) is -1.38. The molecule has 1 aliphatic heterocycles. The average molecular weight is 322 g/mol. The monoisotopic (exact) mass is 322 g/mol. The van der Waals surface area contributed by atoms with Gasteiger partial charge in [-0.3, -0.25) is 19.2 Å². The van der Waals surface area contributed by atoms with Crippen LogP contribution in [0.15, 0.2) is 24.3 Å². The zero-order chi connectivity index (χ0) is 16.3. The van der Waals surface area contributed by atoms with Crippen LogP contribution in [0.4, 0.5) is 4.79 Å². The highest BCUT2D eigenvalue weighted by Crippen LogP contribution is 2.25. The van der Waals surface area contributed by atoms with Crippen molar-refractivity contribution in [2.75, 3.05) is 12.5 Å². The minimum atomic E-state index is -0.615. The number of benzene rings is 1. The van der Waals surface area contributed by atoms with Gasteiger partial charge in [0.25, 0.3) is 11.8 Å². The van der Waals surface area contributed by atoms with Crippen molar-refractivity contribution in [3.63, 3.8) is 0 Å². The normalized spacial score (nSPS) is 13.1. The Kier molecular flexibility index (Phi) is 4.81. The van der Waals surface area contributed by atoms with Gasteiger partial charge in [0.2, 0.25) is 0 Å². The largest absolute Gasteiger partial charge is 0.442 e. The maximum atomic E-state index is 12.4. The van der Waals surface area contributed by atoms with E-state index in [1.807, 2.05) is 0 Å². The first-order valence-corrected chi connectivity index (χ1v) is 7.51. The molecule has 0 bridgehead atoms. The highest BCUT2D eigenvalue weighted by Gasteiger charge is 2.41. The summed E-state index contributed by atoms with van der Waals surface area (Å²) in [5, 5.41) is 1.03. The summed E-state index contributed by atoms with van der Waals surface area (Å²) in [7, 11) is 0. The molecule has 0 spiro atoms. The zero-order valence-electron chi connectivity index (χ0n) is 12.1. The molecule has 7 nitrogen and oxygen atoms in total. The zero-order valence-corrected chi connectivity index (χ0v) is 12.9. The first kappa shape index (κ1) is 16.0. The van der Waals surface area contributed by atoms with E-state index in [0.717, 1.165) is 21.8 Å². The summed E-state index contributed by atoms with van der Waals surface area (Å²) in [6, 6.07) is 6.28. The number of fused-ring (bicyclic) bond motifs is 1. The van der Waals surface area contributed by atoms with E-state index >= 15 is 0 Å². The predicted molar refractivity (Wildman–Crippen MR) is 78.9 cm³/mol. The number of rotatable bonds is 4. The second-order valence-corrected chi connectivity index (χ2v) is 5.55. The third kappa shape index (κ3) is 2.96. The van der Waals surface area contributed by atoms with Gasteiger partial charge in [-0.2, -0.15) is 10.0 Å². The summed E-state index contributed by atoms with van der Waals surface area (Å²) >= 11 is 0.910. The fourth-order valence-electron chi connectivity index (χ4n) is 1.94. The van der Waals surface area contributed by atoms with Gasteiger partial charge in [0.05, 0.1) is 11.1 Å². The number of thioether (sulfide) groups is 1. The fourth-order valence-corrected chi connectivity index (χ4v) is 2.47. The van der Waals surface area contributed by atoms with E-state index in [0.29, 0.717) is 5.75 Å². The van der Waals surface area contributed by atoms with Gasteiger partial charge in [0, 0.05) is 6.92 Å². The maximum Gasteiger partial charge on any atom is 0.304 e. The summed E-state index contributed by atoms with van der Waals surface area (Å²) in [6.07, 6.45) is 0. The highest BCUT2D eigenvalue weighted by molar-refractivity contribution is 8.13. The quantitative estimate of drug-likeness (QED) is 0.478. The predicted octanol–water partition coefficient (Wildman–Crippen LogP) is 1.89. The van der Waals surface area contributed by atoms with Gasteiger partial charge in [-0.15, -0.1) is 0 Å². The van der Waals surface area contributed by atoms with Crippen LogP contribution < -0.4 is 0 Å². The van der Waals surface area contributed by atoms with E-state index < -0.39 is 29.8 Å². The van der Waals surface area contributed by atoms with Crippen LogP contribution in [0.2, 0.25) is 0 Å². The minimum Gasteiger partial charge on any atom is -0.442 e. The van der Waals surface area contributed by atoms with Crippen LogP contribution in [0.3, 0.4) is 0 Å². The molecule has 1 heterocycles. The van der Waals surface area contributed by atoms with E-state index in [2.05, 4.69) is 0 Å². The molecule has 2 rings (SSSR count). The molecular weight excluding hydrogens is 308 g/mol. The molecule has 0 radical (unpaired) electrons. The molecule has 0 saturated heterocycles. The van der Waals surface area contributed by atoms with Crippen LogP contribution in [-0.4, -0.2) is 45.5 Å². The van der Waals surface area contributed by atoms with Gasteiger partial charge in [-0.05, 0) is 17.9 Å². The van der Waals surface area contributed by atoms with Crippen molar-refractivity contribution in [3.8, 4) is 0 Å². The third-order valence-electron chi connectivity index (χ3n) is 2.88. The molecule has 1 aromatic rings. The van der Waals surface area contributed by atoms with Crippen molar-refractivity contribution in [2.24, 2.45) is 0 Å². The molecule has 1 aromatic carbocycles. The van der Waals surface area contributed by atoms with E-state index in [4.69, 9.17) is 4.74 Å². The van der Waals surface area contributed by atoms with Crippen LogP contribution in [-0.2, 0) is 9.53 Å². The lowest BCUT2D eigenvalue weighted by atomic mass is 10.1. The summed E-state index contributed by atoms with van der Waals surface area (Å²) < 4.78 is 4.79. The van der Waals surface area contributed by atoms with Crippen LogP contribution in [0.1, 0.15) is 34.6 Å². The molecule has 1 aliphatic rings. The fraction of sp³-hybridized carbons (Fsp3) is 0.286. The number of ether oxygens (including phenoxy) is 1. The molecule has 0 aliphatic carbocycles. The molecular formula is C14H14N2O5S. The lowest BCUT2D eigenvalue weighted by Gasteiger charge is -2.28. The molecule has 3 amide bonds. The molecule has 0 fully saturated rings. The second kappa shape index (κ2) is 6.61. The molecule has 0 unspecified atom stereocenters. The number of nitrogens with zero attached hydrogens (tertiary/aromatic N) is 2. The number of hydrogen-bond acceptors (Lipinski definition) is 6. The van der Waals surface area contributed by atoms with Gasteiger partial charge in [0.15, 0.2) is 6.73 Å². The number of carbonyl (C=O) groups excluding carboxylic acids is 4. The molecule has 116 valence electrons. The van der Waals surface area contributed by atoms with Crippen molar-refractivity contribution in [1.82, 2.24) is 10.0 Å². The Bertz CT molecular complexity index is 611. The standard InChI is InChI=1S/C14H14N2O5S/c1-3-22-14(20)15(8-21-9(2)17)16-12(18)10-6-4-5-7-11(10)13(16)19/h4-7H,3,8H2,1-2H3. The molecule has 0 N–H and O–H groups in total. The summed E-state index contributed by atoms with van der Waals surface area (Å²) in [4.78, 5) is 47.8. The lowest BCUT2D eigenvalue weighted by molar-refractivity contribution is -0.147.